The Morgan fingerprint density at radius 2 is 2.04 bits per heavy atom. The van der Waals surface area contributed by atoms with Gasteiger partial charge in [-0.2, -0.15) is 8.78 Å². The van der Waals surface area contributed by atoms with Crippen LogP contribution in [0.2, 0.25) is 0 Å². The molecule has 158 valence electrons. The number of amides is 1. The van der Waals surface area contributed by atoms with E-state index in [4.69, 9.17) is 0 Å². The van der Waals surface area contributed by atoms with Gasteiger partial charge in [0.2, 0.25) is 5.91 Å². The van der Waals surface area contributed by atoms with Crippen LogP contribution in [-0.4, -0.2) is 50.6 Å². The summed E-state index contributed by atoms with van der Waals surface area (Å²) in [6.45, 7) is -1.64. The van der Waals surface area contributed by atoms with E-state index in [0.29, 0.717) is 31.4 Å². The molecule has 0 radical (unpaired) electrons. The lowest BCUT2D eigenvalue weighted by atomic mass is 9.93. The number of benzene rings is 1. The van der Waals surface area contributed by atoms with Crippen LogP contribution in [0.5, 0.6) is 5.75 Å². The highest BCUT2D eigenvalue weighted by Gasteiger charge is 2.23. The van der Waals surface area contributed by atoms with Gasteiger partial charge in [0.15, 0.2) is 5.96 Å². The molecule has 0 aliphatic carbocycles. The van der Waals surface area contributed by atoms with Crippen LogP contribution < -0.4 is 15.4 Å². The molecule has 0 atom stereocenters. The van der Waals surface area contributed by atoms with E-state index in [2.05, 4.69) is 20.4 Å². The number of halogens is 4. The summed E-state index contributed by atoms with van der Waals surface area (Å²) in [4.78, 5) is 17.7. The molecule has 28 heavy (non-hydrogen) atoms. The lowest BCUT2D eigenvalue weighted by molar-refractivity contribution is -0.121. The zero-order valence-corrected chi connectivity index (χ0v) is 18.2. The first-order chi connectivity index (χ1) is 12.9. The van der Waals surface area contributed by atoms with Gasteiger partial charge in [-0.15, -0.1) is 24.0 Å². The number of hydrogen-bond acceptors (Lipinski definition) is 3. The van der Waals surface area contributed by atoms with Crippen molar-refractivity contribution < 1.29 is 22.7 Å². The minimum Gasteiger partial charge on any atom is -0.434 e. The summed E-state index contributed by atoms with van der Waals surface area (Å²) in [5, 5.41) is 5.64. The molecule has 1 aliphatic rings. The molecular formula is C18H26F3IN4O2. The van der Waals surface area contributed by atoms with Gasteiger partial charge in [-0.1, -0.05) is 6.07 Å². The molecule has 1 aromatic rings. The second kappa shape index (κ2) is 12.0. The second-order valence-electron chi connectivity index (χ2n) is 6.30. The lowest BCUT2D eigenvalue weighted by Crippen LogP contribution is -2.45. The molecule has 2 rings (SSSR count). The average Bonchev–Trinajstić information content (AvgIpc) is 2.64. The molecule has 10 heteroatoms. The van der Waals surface area contributed by atoms with Crippen molar-refractivity contribution in [2.45, 2.75) is 32.4 Å². The molecule has 1 aromatic carbocycles. The minimum absolute atomic E-state index is 0. The Hall–Kier alpha value is -1.72. The smallest absolute Gasteiger partial charge is 0.387 e. The first-order valence-corrected chi connectivity index (χ1v) is 8.83. The summed E-state index contributed by atoms with van der Waals surface area (Å²) < 4.78 is 43.5. The van der Waals surface area contributed by atoms with Crippen molar-refractivity contribution >= 4 is 35.8 Å². The van der Waals surface area contributed by atoms with Crippen LogP contribution in [-0.2, 0) is 11.3 Å². The van der Waals surface area contributed by atoms with Crippen LogP contribution in [0.1, 0.15) is 24.8 Å². The van der Waals surface area contributed by atoms with E-state index in [1.807, 2.05) is 4.90 Å². The predicted octanol–water partition coefficient (Wildman–Crippen LogP) is 2.97. The van der Waals surface area contributed by atoms with Gasteiger partial charge < -0.3 is 20.3 Å². The molecule has 1 amide bonds. The second-order valence-corrected chi connectivity index (χ2v) is 6.30. The van der Waals surface area contributed by atoms with E-state index in [1.54, 1.807) is 14.1 Å². The number of piperidine rings is 1. The number of aliphatic imine (C=N–C) groups is 1. The maximum atomic E-state index is 14.0. The Labute approximate surface area is 179 Å². The zero-order valence-electron chi connectivity index (χ0n) is 15.9. The third-order valence-electron chi connectivity index (χ3n) is 4.59. The molecule has 0 spiro atoms. The number of rotatable bonds is 6. The van der Waals surface area contributed by atoms with Crippen molar-refractivity contribution in [3.63, 3.8) is 0 Å². The molecule has 0 bridgehead atoms. The van der Waals surface area contributed by atoms with Crippen molar-refractivity contribution in [1.82, 2.24) is 15.5 Å². The Bertz CT molecular complexity index is 668. The molecule has 1 aliphatic heterocycles. The number of carbonyl (C=O) groups excluding carboxylic acids is 1. The molecule has 1 saturated heterocycles. The summed E-state index contributed by atoms with van der Waals surface area (Å²) in [5.74, 6) is 0.0799. The number of guanidine groups is 1. The summed E-state index contributed by atoms with van der Waals surface area (Å²) in [6, 6.07) is 3.82. The highest BCUT2D eigenvalue weighted by Crippen LogP contribution is 2.24. The Kier molecular flexibility index (Phi) is 10.4. The molecule has 0 unspecified atom stereocenters. The fraction of sp³-hybridized carbons (Fsp3) is 0.556. The van der Waals surface area contributed by atoms with Gasteiger partial charge in [0.1, 0.15) is 11.6 Å². The van der Waals surface area contributed by atoms with Crippen molar-refractivity contribution in [2.75, 3.05) is 27.2 Å². The number of nitrogens with zero attached hydrogens (tertiary/aromatic N) is 2. The standard InChI is InChI=1S/C18H25F3N4O2.HI/c1-22-16(26)10-12-6-8-25(9-7-12)18(23-2)24-11-13-14(19)4-3-5-15(13)27-17(20)21;/h3-5,12,17H,6-11H2,1-2H3,(H,22,26)(H,23,24);1H. The number of alkyl halides is 2. The Balaban J connectivity index is 0.00000392. The van der Waals surface area contributed by atoms with Crippen LogP contribution in [0, 0.1) is 11.7 Å². The van der Waals surface area contributed by atoms with Crippen LogP contribution in [0.25, 0.3) is 0 Å². The van der Waals surface area contributed by atoms with Gasteiger partial charge in [0, 0.05) is 45.7 Å². The molecule has 1 fully saturated rings. The fourth-order valence-electron chi connectivity index (χ4n) is 3.13. The van der Waals surface area contributed by atoms with E-state index in [-0.39, 0.29) is 47.7 Å². The summed E-state index contributed by atoms with van der Waals surface area (Å²) in [5.41, 5.74) is 0.0217. The third kappa shape index (κ3) is 7.02. The largest absolute Gasteiger partial charge is 0.434 e. The van der Waals surface area contributed by atoms with Crippen molar-refractivity contribution in [3.05, 3.63) is 29.6 Å². The van der Waals surface area contributed by atoms with Gasteiger partial charge >= 0.3 is 6.61 Å². The van der Waals surface area contributed by atoms with Gasteiger partial charge in [-0.3, -0.25) is 9.79 Å². The van der Waals surface area contributed by atoms with Gasteiger partial charge in [0.25, 0.3) is 0 Å². The SMILES string of the molecule is CN=C(NCc1c(F)cccc1OC(F)F)N1CCC(CC(=O)NC)CC1.I. The number of ether oxygens (including phenoxy) is 1. The molecule has 6 nitrogen and oxygen atoms in total. The summed E-state index contributed by atoms with van der Waals surface area (Å²) in [7, 11) is 3.23. The quantitative estimate of drug-likeness (QED) is 0.348. The van der Waals surface area contributed by atoms with E-state index in [0.717, 1.165) is 12.8 Å². The third-order valence-corrected chi connectivity index (χ3v) is 4.59. The predicted molar refractivity (Wildman–Crippen MR) is 112 cm³/mol. The average molecular weight is 514 g/mol. The maximum Gasteiger partial charge on any atom is 0.387 e. The molecule has 0 saturated carbocycles. The zero-order chi connectivity index (χ0) is 19.8. The Morgan fingerprint density at radius 1 is 1.36 bits per heavy atom. The molecule has 0 aromatic heterocycles. The highest BCUT2D eigenvalue weighted by molar-refractivity contribution is 14.0. The normalized spacial score (nSPS) is 15.2. The van der Waals surface area contributed by atoms with Crippen molar-refractivity contribution in [2.24, 2.45) is 10.9 Å². The van der Waals surface area contributed by atoms with Crippen molar-refractivity contribution in [1.29, 1.82) is 0 Å². The summed E-state index contributed by atoms with van der Waals surface area (Å²) >= 11 is 0. The highest BCUT2D eigenvalue weighted by atomic mass is 127. The minimum atomic E-state index is -3.02. The van der Waals surface area contributed by atoms with Gasteiger partial charge in [0.05, 0.1) is 0 Å². The van der Waals surface area contributed by atoms with Crippen LogP contribution in [0.4, 0.5) is 13.2 Å². The van der Waals surface area contributed by atoms with E-state index >= 15 is 0 Å². The first-order valence-electron chi connectivity index (χ1n) is 8.83. The number of nitrogens with one attached hydrogen (secondary N) is 2. The van der Waals surface area contributed by atoms with E-state index in [9.17, 15) is 18.0 Å². The number of likely N-dealkylation sites (tertiary alicyclic amines) is 1. The van der Waals surface area contributed by atoms with Crippen LogP contribution >= 0.6 is 24.0 Å². The van der Waals surface area contributed by atoms with Crippen LogP contribution in [0.3, 0.4) is 0 Å². The van der Waals surface area contributed by atoms with Crippen LogP contribution in [0.15, 0.2) is 23.2 Å². The summed E-state index contributed by atoms with van der Waals surface area (Å²) in [6.07, 6.45) is 2.18. The Morgan fingerprint density at radius 3 is 2.61 bits per heavy atom. The number of hydrogen-bond donors (Lipinski definition) is 2. The maximum absolute atomic E-state index is 14.0. The monoisotopic (exact) mass is 514 g/mol. The number of carbonyl (C=O) groups is 1. The molecule has 1 heterocycles. The molecular weight excluding hydrogens is 488 g/mol. The van der Waals surface area contributed by atoms with E-state index in [1.165, 1.54) is 18.2 Å². The van der Waals surface area contributed by atoms with Gasteiger partial charge in [-0.25, -0.2) is 4.39 Å². The topological polar surface area (TPSA) is 66.0 Å². The first kappa shape index (κ1) is 24.3. The fourth-order valence-corrected chi connectivity index (χ4v) is 3.13. The van der Waals surface area contributed by atoms with E-state index < -0.39 is 12.4 Å². The van der Waals surface area contributed by atoms with Gasteiger partial charge in [-0.05, 0) is 30.9 Å². The van der Waals surface area contributed by atoms with Crippen molar-refractivity contribution in [3.8, 4) is 5.75 Å². The molecule has 2 N–H and O–H groups in total. The lowest BCUT2D eigenvalue weighted by Gasteiger charge is -2.34.